The third-order valence-electron chi connectivity index (χ3n) is 2.06. The first-order valence-electron chi connectivity index (χ1n) is 6.09. The summed E-state index contributed by atoms with van der Waals surface area (Å²) in [6.45, 7) is 6.20. The largest absolute Gasteiger partial charge is 0.466 e. The van der Waals surface area contributed by atoms with Gasteiger partial charge in [0.15, 0.2) is 0 Å². The van der Waals surface area contributed by atoms with Crippen molar-refractivity contribution in [2.45, 2.75) is 19.9 Å². The second-order valence-electron chi connectivity index (χ2n) is 3.55. The molecule has 0 aliphatic carbocycles. The van der Waals surface area contributed by atoms with Crippen LogP contribution in [0.2, 0.25) is 0 Å². The molecule has 6 nitrogen and oxygen atoms in total. The first kappa shape index (κ1) is 15.3. The lowest BCUT2D eigenvalue weighted by atomic mass is 10.5. The lowest BCUT2D eigenvalue weighted by Gasteiger charge is -2.03. The van der Waals surface area contributed by atoms with E-state index in [0.29, 0.717) is 25.0 Å². The van der Waals surface area contributed by atoms with Gasteiger partial charge in [0.25, 0.3) is 5.19 Å². The molecule has 0 saturated carbocycles. The molecular weight excluding hydrogens is 254 g/mol. The third kappa shape index (κ3) is 6.85. The van der Waals surface area contributed by atoms with Crippen LogP contribution < -0.4 is 10.1 Å². The quantitative estimate of drug-likeness (QED) is 0.610. The van der Waals surface area contributed by atoms with Crippen LogP contribution in [0.3, 0.4) is 0 Å². The first-order chi connectivity index (χ1) is 8.86. The second kappa shape index (κ2) is 10.2. The van der Waals surface area contributed by atoms with Gasteiger partial charge in [0.05, 0.1) is 6.61 Å². The van der Waals surface area contributed by atoms with Gasteiger partial charge < -0.3 is 19.5 Å². The average Bonchev–Trinajstić information content (AvgIpc) is 2.83. The second-order valence-corrected chi connectivity index (χ2v) is 4.57. The Kier molecular flexibility index (Phi) is 8.66. The van der Waals surface area contributed by atoms with Crippen molar-refractivity contribution in [2.75, 3.05) is 40.1 Å². The van der Waals surface area contributed by atoms with Gasteiger partial charge in [-0.3, -0.25) is 0 Å². The molecule has 0 aliphatic heterocycles. The Morgan fingerprint density at radius 2 is 2.06 bits per heavy atom. The molecule has 104 valence electrons. The zero-order valence-corrected chi connectivity index (χ0v) is 11.8. The molecule has 7 heteroatoms. The minimum absolute atomic E-state index is 0.503. The van der Waals surface area contributed by atoms with Crippen LogP contribution in [0.1, 0.15) is 18.4 Å². The minimum Gasteiger partial charge on any atom is -0.466 e. The summed E-state index contributed by atoms with van der Waals surface area (Å²) in [6, 6.07) is 0. The number of nitrogens with one attached hydrogen (secondary N) is 1. The van der Waals surface area contributed by atoms with Crippen molar-refractivity contribution in [3.63, 3.8) is 0 Å². The van der Waals surface area contributed by atoms with E-state index in [1.165, 1.54) is 11.3 Å². The van der Waals surface area contributed by atoms with Gasteiger partial charge in [-0.15, -0.1) is 10.2 Å². The van der Waals surface area contributed by atoms with E-state index in [4.69, 9.17) is 14.2 Å². The van der Waals surface area contributed by atoms with Crippen molar-refractivity contribution in [1.82, 2.24) is 15.5 Å². The highest BCUT2D eigenvalue weighted by Gasteiger charge is 2.03. The summed E-state index contributed by atoms with van der Waals surface area (Å²) in [5, 5.41) is 12.7. The van der Waals surface area contributed by atoms with Crippen molar-refractivity contribution >= 4 is 11.3 Å². The van der Waals surface area contributed by atoms with E-state index in [9.17, 15) is 0 Å². The molecule has 0 bridgehead atoms. The number of nitrogens with zero attached hydrogens (tertiary/aromatic N) is 2. The summed E-state index contributed by atoms with van der Waals surface area (Å²) < 4.78 is 15.7. The van der Waals surface area contributed by atoms with E-state index in [1.807, 2.05) is 0 Å². The maximum absolute atomic E-state index is 5.43. The summed E-state index contributed by atoms with van der Waals surface area (Å²) in [7, 11) is 1.68. The summed E-state index contributed by atoms with van der Waals surface area (Å²) in [5.41, 5.74) is 0. The van der Waals surface area contributed by atoms with Crippen molar-refractivity contribution < 1.29 is 14.2 Å². The van der Waals surface area contributed by atoms with Gasteiger partial charge in [-0.05, 0) is 13.0 Å². The number of aromatic nitrogens is 2. The van der Waals surface area contributed by atoms with Crippen LogP contribution >= 0.6 is 11.3 Å². The van der Waals surface area contributed by atoms with Gasteiger partial charge >= 0.3 is 0 Å². The maximum Gasteiger partial charge on any atom is 0.294 e. The molecule has 1 rings (SSSR count). The van der Waals surface area contributed by atoms with Crippen LogP contribution in [0, 0.1) is 0 Å². The summed E-state index contributed by atoms with van der Waals surface area (Å²) in [5.74, 6) is 0. The monoisotopic (exact) mass is 275 g/mol. The molecule has 18 heavy (non-hydrogen) atoms. The molecule has 0 saturated heterocycles. The molecule has 0 radical (unpaired) electrons. The van der Waals surface area contributed by atoms with E-state index in [1.54, 1.807) is 7.11 Å². The summed E-state index contributed by atoms with van der Waals surface area (Å²) in [4.78, 5) is 0. The third-order valence-corrected chi connectivity index (χ3v) is 2.90. The smallest absolute Gasteiger partial charge is 0.294 e. The maximum atomic E-state index is 5.43. The number of ether oxygens (including phenoxy) is 3. The zero-order valence-electron chi connectivity index (χ0n) is 11.0. The number of methoxy groups -OCH3 is 1. The van der Waals surface area contributed by atoms with Crippen LogP contribution in [-0.4, -0.2) is 50.3 Å². The van der Waals surface area contributed by atoms with Crippen molar-refractivity contribution in [3.05, 3.63) is 5.01 Å². The fourth-order valence-electron chi connectivity index (χ4n) is 1.20. The summed E-state index contributed by atoms with van der Waals surface area (Å²) >= 11 is 1.46. The van der Waals surface area contributed by atoms with E-state index in [2.05, 4.69) is 22.4 Å². The first-order valence-corrected chi connectivity index (χ1v) is 6.91. The fourth-order valence-corrected chi connectivity index (χ4v) is 1.88. The predicted molar refractivity (Wildman–Crippen MR) is 70.1 cm³/mol. The number of hydrogen-bond acceptors (Lipinski definition) is 7. The van der Waals surface area contributed by atoms with Gasteiger partial charge in [0, 0.05) is 26.9 Å². The highest BCUT2D eigenvalue weighted by atomic mass is 32.1. The SMILES string of the molecule is CCNCc1nnc(OCCOCCCOC)s1. The van der Waals surface area contributed by atoms with Gasteiger partial charge in [-0.1, -0.05) is 18.3 Å². The number of rotatable bonds is 11. The predicted octanol–water partition coefficient (Wildman–Crippen LogP) is 1.08. The van der Waals surface area contributed by atoms with Crippen molar-refractivity contribution in [2.24, 2.45) is 0 Å². The van der Waals surface area contributed by atoms with Crippen molar-refractivity contribution in [1.29, 1.82) is 0 Å². The Morgan fingerprint density at radius 1 is 1.17 bits per heavy atom. The van der Waals surface area contributed by atoms with Gasteiger partial charge in [0.1, 0.15) is 11.6 Å². The Labute approximate surface area is 112 Å². The lowest BCUT2D eigenvalue weighted by Crippen LogP contribution is -2.11. The van der Waals surface area contributed by atoms with Crippen molar-refractivity contribution in [3.8, 4) is 5.19 Å². The molecule has 0 fully saturated rings. The molecule has 0 aliphatic rings. The van der Waals surface area contributed by atoms with E-state index in [-0.39, 0.29) is 0 Å². The molecule has 0 atom stereocenters. The molecular formula is C11H21N3O3S. The standard InChI is InChI=1S/C11H21N3O3S/c1-3-12-9-10-13-14-11(18-10)17-8-7-16-6-4-5-15-2/h12H,3-9H2,1-2H3. The van der Waals surface area contributed by atoms with Crippen LogP contribution in [0.4, 0.5) is 0 Å². The molecule has 0 amide bonds. The minimum atomic E-state index is 0.503. The van der Waals surface area contributed by atoms with Gasteiger partial charge in [-0.25, -0.2) is 0 Å². The fraction of sp³-hybridized carbons (Fsp3) is 0.818. The Hall–Kier alpha value is -0.760. The van der Waals surface area contributed by atoms with Gasteiger partial charge in [-0.2, -0.15) is 0 Å². The number of hydrogen-bond donors (Lipinski definition) is 1. The molecule has 0 aromatic carbocycles. The van der Waals surface area contributed by atoms with E-state index < -0.39 is 0 Å². The van der Waals surface area contributed by atoms with E-state index in [0.717, 1.165) is 31.1 Å². The Bertz CT molecular complexity index is 309. The molecule has 1 aromatic rings. The van der Waals surface area contributed by atoms with Gasteiger partial charge in [0.2, 0.25) is 0 Å². The van der Waals surface area contributed by atoms with Crippen LogP contribution in [-0.2, 0) is 16.0 Å². The molecule has 1 aromatic heterocycles. The van der Waals surface area contributed by atoms with E-state index >= 15 is 0 Å². The molecule has 1 heterocycles. The zero-order chi connectivity index (χ0) is 13.1. The highest BCUT2D eigenvalue weighted by Crippen LogP contribution is 2.17. The lowest BCUT2D eigenvalue weighted by molar-refractivity contribution is 0.0804. The Morgan fingerprint density at radius 3 is 2.83 bits per heavy atom. The average molecular weight is 275 g/mol. The van der Waals surface area contributed by atoms with Crippen LogP contribution in [0.15, 0.2) is 0 Å². The molecule has 1 N–H and O–H groups in total. The van der Waals surface area contributed by atoms with Crippen LogP contribution in [0.25, 0.3) is 0 Å². The summed E-state index contributed by atoms with van der Waals surface area (Å²) in [6.07, 6.45) is 0.905. The topological polar surface area (TPSA) is 65.5 Å². The molecule has 0 unspecified atom stereocenters. The molecule has 0 spiro atoms. The normalized spacial score (nSPS) is 10.8. The Balaban J connectivity index is 2.03. The highest BCUT2D eigenvalue weighted by molar-refractivity contribution is 7.13. The van der Waals surface area contributed by atoms with Crippen LogP contribution in [0.5, 0.6) is 5.19 Å².